The first-order valence-corrected chi connectivity index (χ1v) is 7.84. The molecule has 2 aromatic heterocycles. The van der Waals surface area contributed by atoms with Gasteiger partial charge in [-0.1, -0.05) is 54.2 Å². The van der Waals surface area contributed by atoms with Crippen LogP contribution in [-0.4, -0.2) is 19.6 Å². The molecule has 2 aromatic carbocycles. The summed E-state index contributed by atoms with van der Waals surface area (Å²) in [7, 11) is 0. The van der Waals surface area contributed by atoms with Crippen LogP contribution >= 0.6 is 11.8 Å². The van der Waals surface area contributed by atoms with Crippen LogP contribution in [0.5, 0.6) is 0 Å². The second-order valence-electron chi connectivity index (χ2n) is 4.87. The minimum Gasteiger partial charge on any atom is -0.244 e. The number of nitrogens with one attached hydrogen (secondary N) is 1. The quantitative estimate of drug-likeness (QED) is 0.467. The van der Waals surface area contributed by atoms with Gasteiger partial charge in [-0.25, -0.2) is 19.4 Å². The molecule has 0 atom stereocenters. The molecule has 6 heteroatoms. The summed E-state index contributed by atoms with van der Waals surface area (Å²) in [5, 5.41) is 4.32. The molecule has 108 valence electrons. The summed E-state index contributed by atoms with van der Waals surface area (Å²) in [5.74, 6) is 0.779. The fourth-order valence-electron chi connectivity index (χ4n) is 2.37. The third-order valence-corrected chi connectivity index (χ3v) is 4.40. The van der Waals surface area contributed by atoms with E-state index in [1.807, 2.05) is 42.5 Å². The number of H-pyrrole nitrogens is 1. The minimum absolute atomic E-state index is 0.361. The van der Waals surface area contributed by atoms with Crippen molar-refractivity contribution in [1.82, 2.24) is 19.6 Å². The highest BCUT2D eigenvalue weighted by molar-refractivity contribution is 7.98. The van der Waals surface area contributed by atoms with Crippen molar-refractivity contribution in [2.24, 2.45) is 0 Å². The molecule has 0 aliphatic heterocycles. The van der Waals surface area contributed by atoms with E-state index in [4.69, 9.17) is 0 Å². The number of rotatable bonds is 3. The zero-order valence-corrected chi connectivity index (χ0v) is 12.4. The number of thioether (sulfide) groups is 1. The molecule has 22 heavy (non-hydrogen) atoms. The maximum atomic E-state index is 11.6. The van der Waals surface area contributed by atoms with E-state index in [0.717, 1.165) is 21.8 Å². The third-order valence-electron chi connectivity index (χ3n) is 3.39. The lowest BCUT2D eigenvalue weighted by atomic mass is 10.2. The molecule has 0 unspecified atom stereocenters. The maximum Gasteiger partial charge on any atom is 0.362 e. The van der Waals surface area contributed by atoms with Crippen LogP contribution in [0.15, 0.2) is 64.5 Å². The minimum atomic E-state index is -0.361. The fraction of sp³-hybridized carbons (Fsp3) is 0.0625. The standard InChI is InChI=1S/C16H12N4OS/c21-15-18-14-12-8-4-5-9-13(12)17-16(20(14)19-15)22-10-11-6-2-1-3-7-11/h1-9H,10H2,(H,19,21). The highest BCUT2D eigenvalue weighted by Crippen LogP contribution is 2.25. The Labute approximate surface area is 130 Å². The fourth-order valence-corrected chi connectivity index (χ4v) is 3.28. The van der Waals surface area contributed by atoms with E-state index < -0.39 is 0 Å². The zero-order valence-electron chi connectivity index (χ0n) is 11.6. The molecular formula is C16H12N4OS. The van der Waals surface area contributed by atoms with Gasteiger partial charge in [0.05, 0.1) is 5.52 Å². The summed E-state index contributed by atoms with van der Waals surface area (Å²) in [6.07, 6.45) is 0. The molecule has 1 N–H and O–H groups in total. The zero-order chi connectivity index (χ0) is 14.9. The lowest BCUT2D eigenvalue weighted by molar-refractivity contribution is 0.797. The first kappa shape index (κ1) is 13.1. The van der Waals surface area contributed by atoms with E-state index in [9.17, 15) is 4.79 Å². The largest absolute Gasteiger partial charge is 0.362 e. The van der Waals surface area contributed by atoms with Gasteiger partial charge in [0.2, 0.25) is 0 Å². The van der Waals surface area contributed by atoms with Crippen molar-refractivity contribution in [1.29, 1.82) is 0 Å². The van der Waals surface area contributed by atoms with Crippen molar-refractivity contribution in [2.75, 3.05) is 0 Å². The topological polar surface area (TPSA) is 63.1 Å². The molecule has 0 spiro atoms. The number of benzene rings is 2. The summed E-state index contributed by atoms with van der Waals surface area (Å²) in [6, 6.07) is 17.9. The molecule has 0 radical (unpaired) electrons. The first-order chi connectivity index (χ1) is 10.8. The van der Waals surface area contributed by atoms with Gasteiger partial charge in [0, 0.05) is 11.1 Å². The predicted molar refractivity (Wildman–Crippen MR) is 87.1 cm³/mol. The van der Waals surface area contributed by atoms with Crippen LogP contribution in [0.1, 0.15) is 5.56 Å². The SMILES string of the molecule is O=c1nc2c3ccccc3nc(SCc3ccccc3)n2[nH]1. The van der Waals surface area contributed by atoms with Crippen molar-refractivity contribution >= 4 is 28.3 Å². The smallest absolute Gasteiger partial charge is 0.244 e. The van der Waals surface area contributed by atoms with Crippen LogP contribution in [0, 0.1) is 0 Å². The van der Waals surface area contributed by atoms with Crippen molar-refractivity contribution in [3.05, 3.63) is 70.6 Å². The third kappa shape index (κ3) is 2.27. The highest BCUT2D eigenvalue weighted by Gasteiger charge is 2.11. The van der Waals surface area contributed by atoms with Crippen LogP contribution in [-0.2, 0) is 5.75 Å². The van der Waals surface area contributed by atoms with Gasteiger partial charge in [0.25, 0.3) is 0 Å². The van der Waals surface area contributed by atoms with Crippen LogP contribution in [0.2, 0.25) is 0 Å². The molecule has 0 amide bonds. The first-order valence-electron chi connectivity index (χ1n) is 6.85. The molecule has 4 rings (SSSR count). The molecule has 5 nitrogen and oxygen atoms in total. The Hall–Kier alpha value is -2.60. The van der Waals surface area contributed by atoms with Crippen LogP contribution < -0.4 is 5.69 Å². The summed E-state index contributed by atoms with van der Waals surface area (Å²) in [5.41, 5.74) is 2.30. The summed E-state index contributed by atoms with van der Waals surface area (Å²) < 4.78 is 1.66. The predicted octanol–water partition coefficient (Wildman–Crippen LogP) is 2.86. The maximum absolute atomic E-state index is 11.6. The lowest BCUT2D eigenvalue weighted by Gasteiger charge is -2.06. The van der Waals surface area contributed by atoms with Gasteiger partial charge < -0.3 is 0 Å². The summed E-state index contributed by atoms with van der Waals surface area (Å²) >= 11 is 1.57. The van der Waals surface area contributed by atoms with Gasteiger partial charge in [0.15, 0.2) is 10.8 Å². The van der Waals surface area contributed by atoms with Crippen LogP contribution in [0.4, 0.5) is 0 Å². The number of fused-ring (bicyclic) bond motifs is 3. The van der Waals surface area contributed by atoms with E-state index in [0.29, 0.717) is 5.65 Å². The highest BCUT2D eigenvalue weighted by atomic mass is 32.2. The van der Waals surface area contributed by atoms with Crippen molar-refractivity contribution in [2.45, 2.75) is 10.9 Å². The van der Waals surface area contributed by atoms with Gasteiger partial charge >= 0.3 is 5.69 Å². The summed E-state index contributed by atoms with van der Waals surface area (Å²) in [4.78, 5) is 20.3. The van der Waals surface area contributed by atoms with Gasteiger partial charge in [-0.3, -0.25) is 0 Å². The monoisotopic (exact) mass is 308 g/mol. The van der Waals surface area contributed by atoms with E-state index in [1.54, 1.807) is 16.3 Å². The Kier molecular flexibility index (Phi) is 3.16. The average molecular weight is 308 g/mol. The van der Waals surface area contributed by atoms with Crippen molar-refractivity contribution in [3.63, 3.8) is 0 Å². The Morgan fingerprint density at radius 3 is 2.64 bits per heavy atom. The number of aromatic nitrogens is 4. The average Bonchev–Trinajstić information content (AvgIpc) is 2.95. The number of nitrogens with zero attached hydrogens (tertiary/aromatic N) is 3. The molecular weight excluding hydrogens is 296 g/mol. The van der Waals surface area contributed by atoms with E-state index >= 15 is 0 Å². The Balaban J connectivity index is 1.83. The number of hydrogen-bond donors (Lipinski definition) is 1. The molecule has 0 fully saturated rings. The Morgan fingerprint density at radius 2 is 1.77 bits per heavy atom. The number of hydrogen-bond acceptors (Lipinski definition) is 4. The van der Waals surface area contributed by atoms with Gasteiger partial charge in [-0.2, -0.15) is 4.98 Å². The van der Waals surface area contributed by atoms with E-state index in [1.165, 1.54) is 5.56 Å². The molecule has 0 bridgehead atoms. The molecule has 2 heterocycles. The Bertz CT molecular complexity index is 1010. The normalized spacial score (nSPS) is 11.3. The molecule has 0 aliphatic rings. The lowest BCUT2D eigenvalue weighted by Crippen LogP contribution is -2.03. The number of para-hydroxylation sites is 1. The van der Waals surface area contributed by atoms with Gasteiger partial charge in [0.1, 0.15) is 0 Å². The van der Waals surface area contributed by atoms with Crippen LogP contribution in [0.25, 0.3) is 16.6 Å². The van der Waals surface area contributed by atoms with E-state index in [-0.39, 0.29) is 5.69 Å². The van der Waals surface area contributed by atoms with Crippen molar-refractivity contribution in [3.8, 4) is 0 Å². The van der Waals surface area contributed by atoms with Gasteiger partial charge in [-0.05, 0) is 17.7 Å². The molecule has 0 aliphatic carbocycles. The number of aromatic amines is 1. The summed E-state index contributed by atoms with van der Waals surface area (Å²) in [6.45, 7) is 0. The Morgan fingerprint density at radius 1 is 1.00 bits per heavy atom. The van der Waals surface area contributed by atoms with E-state index in [2.05, 4.69) is 27.2 Å². The second-order valence-corrected chi connectivity index (χ2v) is 5.82. The van der Waals surface area contributed by atoms with Crippen molar-refractivity contribution < 1.29 is 0 Å². The van der Waals surface area contributed by atoms with Crippen LogP contribution in [0.3, 0.4) is 0 Å². The molecule has 0 saturated carbocycles. The van der Waals surface area contributed by atoms with Gasteiger partial charge in [-0.15, -0.1) is 0 Å². The second kappa shape index (κ2) is 5.31. The molecule has 0 saturated heterocycles. The molecule has 4 aromatic rings.